The predicted octanol–water partition coefficient (Wildman–Crippen LogP) is 1.18. The Morgan fingerprint density at radius 3 is 2.86 bits per heavy atom. The van der Waals surface area contributed by atoms with Gasteiger partial charge >= 0.3 is 5.97 Å². The highest BCUT2D eigenvalue weighted by molar-refractivity contribution is 7.90. The van der Waals surface area contributed by atoms with Crippen molar-refractivity contribution in [2.45, 2.75) is 19.9 Å². The fraction of sp³-hybridized carbons (Fsp3) is 0.357. The summed E-state index contributed by atoms with van der Waals surface area (Å²) in [5.41, 5.74) is 2.39. The molecule has 0 spiro atoms. The van der Waals surface area contributed by atoms with Crippen LogP contribution >= 0.6 is 0 Å². The van der Waals surface area contributed by atoms with E-state index in [4.69, 9.17) is 5.11 Å². The van der Waals surface area contributed by atoms with Crippen molar-refractivity contribution in [1.82, 2.24) is 9.29 Å². The summed E-state index contributed by atoms with van der Waals surface area (Å²) in [6.07, 6.45) is 0.617. The molecular formula is C14H16N2O4S. The molecule has 2 N–H and O–H groups in total. The van der Waals surface area contributed by atoms with Gasteiger partial charge in [0.15, 0.2) is 0 Å². The van der Waals surface area contributed by atoms with Crippen molar-refractivity contribution in [3.63, 3.8) is 0 Å². The predicted molar refractivity (Wildman–Crippen MR) is 79.2 cm³/mol. The van der Waals surface area contributed by atoms with Crippen LogP contribution in [0.15, 0.2) is 18.2 Å². The number of carboxylic acid groups (broad SMARTS) is 1. The number of nitrogens with zero attached hydrogens (tertiary/aromatic N) is 1. The molecule has 0 bridgehead atoms. The molecule has 1 aromatic heterocycles. The van der Waals surface area contributed by atoms with Crippen LogP contribution in [-0.4, -0.2) is 35.8 Å². The topological polar surface area (TPSA) is 88.4 Å². The number of hydrogen-bond acceptors (Lipinski definition) is 4. The van der Waals surface area contributed by atoms with Crippen molar-refractivity contribution in [2.24, 2.45) is 0 Å². The lowest BCUT2D eigenvalue weighted by Gasteiger charge is -2.16. The summed E-state index contributed by atoms with van der Waals surface area (Å²) < 4.78 is 26.2. The van der Waals surface area contributed by atoms with E-state index in [0.29, 0.717) is 30.4 Å². The molecule has 0 unspecified atom stereocenters. The van der Waals surface area contributed by atoms with Crippen molar-refractivity contribution in [2.75, 3.05) is 12.3 Å². The van der Waals surface area contributed by atoms with E-state index in [2.05, 4.69) is 5.32 Å². The number of carbonyl (C=O) groups is 1. The van der Waals surface area contributed by atoms with Gasteiger partial charge in [0.1, 0.15) is 0 Å². The first-order valence-corrected chi connectivity index (χ1v) is 8.40. The number of rotatable bonds is 3. The standard InChI is InChI=1S/C14H16N2O4S/c1-2-21(19,20)16-12-4-3-9(14(17)18)7-10(12)11-8-15-6-5-13(11)16/h3-4,7,15H,2,5-6,8H2,1H3,(H,17,18). The lowest BCUT2D eigenvalue weighted by molar-refractivity contribution is 0.0697. The fourth-order valence-electron chi connectivity index (χ4n) is 2.83. The van der Waals surface area contributed by atoms with Gasteiger partial charge in [0.25, 0.3) is 0 Å². The highest BCUT2D eigenvalue weighted by Gasteiger charge is 2.26. The Morgan fingerprint density at radius 2 is 2.19 bits per heavy atom. The van der Waals surface area contributed by atoms with Gasteiger partial charge in [-0.3, -0.25) is 0 Å². The molecule has 1 aromatic carbocycles. The van der Waals surface area contributed by atoms with Gasteiger partial charge in [-0.1, -0.05) is 0 Å². The van der Waals surface area contributed by atoms with Crippen LogP contribution in [0, 0.1) is 0 Å². The van der Waals surface area contributed by atoms with Gasteiger partial charge in [0.2, 0.25) is 10.0 Å². The molecular weight excluding hydrogens is 292 g/mol. The quantitative estimate of drug-likeness (QED) is 0.889. The molecule has 0 radical (unpaired) electrons. The maximum Gasteiger partial charge on any atom is 0.335 e. The molecule has 0 atom stereocenters. The Balaban J connectivity index is 2.40. The number of nitrogens with one attached hydrogen (secondary N) is 1. The van der Waals surface area contributed by atoms with Crippen molar-refractivity contribution in [3.8, 4) is 0 Å². The molecule has 2 aromatic rings. The number of hydrogen-bond donors (Lipinski definition) is 2. The monoisotopic (exact) mass is 308 g/mol. The first-order chi connectivity index (χ1) is 9.95. The summed E-state index contributed by atoms with van der Waals surface area (Å²) in [6, 6.07) is 4.60. The molecule has 0 saturated heterocycles. The van der Waals surface area contributed by atoms with E-state index in [1.54, 1.807) is 19.1 Å². The Kier molecular flexibility index (Phi) is 3.26. The molecule has 3 rings (SSSR count). The highest BCUT2D eigenvalue weighted by atomic mass is 32.2. The van der Waals surface area contributed by atoms with E-state index in [1.807, 2.05) is 0 Å². The lowest BCUT2D eigenvalue weighted by Crippen LogP contribution is -2.27. The van der Waals surface area contributed by atoms with Crippen LogP contribution in [-0.2, 0) is 23.0 Å². The molecule has 1 aliphatic heterocycles. The number of aromatic carboxylic acids is 1. The molecule has 0 saturated carbocycles. The van der Waals surface area contributed by atoms with E-state index in [9.17, 15) is 13.2 Å². The first kappa shape index (κ1) is 14.1. The van der Waals surface area contributed by atoms with E-state index < -0.39 is 16.0 Å². The van der Waals surface area contributed by atoms with E-state index in [-0.39, 0.29) is 11.3 Å². The van der Waals surface area contributed by atoms with E-state index in [0.717, 1.165) is 11.3 Å². The zero-order chi connectivity index (χ0) is 15.2. The first-order valence-electron chi connectivity index (χ1n) is 6.79. The van der Waals surface area contributed by atoms with Crippen molar-refractivity contribution >= 4 is 26.9 Å². The molecule has 6 nitrogen and oxygen atoms in total. The zero-order valence-corrected chi connectivity index (χ0v) is 12.4. The van der Waals surface area contributed by atoms with Crippen LogP contribution in [0.2, 0.25) is 0 Å². The Morgan fingerprint density at radius 1 is 1.43 bits per heavy atom. The van der Waals surface area contributed by atoms with Crippen LogP contribution < -0.4 is 5.32 Å². The summed E-state index contributed by atoms with van der Waals surface area (Å²) in [4.78, 5) is 11.1. The van der Waals surface area contributed by atoms with Crippen molar-refractivity contribution in [3.05, 3.63) is 35.0 Å². The van der Waals surface area contributed by atoms with Gasteiger partial charge in [0, 0.05) is 30.6 Å². The Bertz CT molecular complexity index is 836. The molecule has 7 heteroatoms. The lowest BCUT2D eigenvalue weighted by atomic mass is 10.0. The summed E-state index contributed by atoms with van der Waals surface area (Å²) in [5.74, 6) is -1.00. The van der Waals surface area contributed by atoms with Crippen LogP contribution in [0.5, 0.6) is 0 Å². The van der Waals surface area contributed by atoms with E-state index >= 15 is 0 Å². The summed E-state index contributed by atoms with van der Waals surface area (Å²) in [5, 5.41) is 13.0. The minimum atomic E-state index is -3.41. The Hall–Kier alpha value is -1.86. The van der Waals surface area contributed by atoms with Crippen LogP contribution in [0.25, 0.3) is 10.9 Å². The van der Waals surface area contributed by atoms with Gasteiger partial charge in [-0.15, -0.1) is 0 Å². The minimum absolute atomic E-state index is 0.0112. The molecule has 21 heavy (non-hydrogen) atoms. The van der Waals surface area contributed by atoms with Gasteiger partial charge < -0.3 is 10.4 Å². The molecule has 1 aliphatic rings. The third-order valence-electron chi connectivity index (χ3n) is 3.86. The van der Waals surface area contributed by atoms with Gasteiger partial charge in [-0.05, 0) is 30.7 Å². The van der Waals surface area contributed by atoms with Gasteiger partial charge in [0.05, 0.1) is 16.8 Å². The Labute approximate surface area is 122 Å². The van der Waals surface area contributed by atoms with Crippen LogP contribution in [0.1, 0.15) is 28.5 Å². The normalized spacial score (nSPS) is 15.1. The molecule has 112 valence electrons. The SMILES string of the molecule is CCS(=O)(=O)n1c2c(c3cc(C(=O)O)ccc31)CNCC2. The third kappa shape index (κ3) is 2.13. The third-order valence-corrected chi connectivity index (χ3v) is 5.57. The van der Waals surface area contributed by atoms with Crippen molar-refractivity contribution in [1.29, 1.82) is 0 Å². The number of fused-ring (bicyclic) bond motifs is 3. The number of benzene rings is 1. The van der Waals surface area contributed by atoms with E-state index in [1.165, 1.54) is 10.0 Å². The second kappa shape index (κ2) is 4.85. The average molecular weight is 308 g/mol. The maximum atomic E-state index is 12.4. The zero-order valence-electron chi connectivity index (χ0n) is 11.6. The van der Waals surface area contributed by atoms with Gasteiger partial charge in [-0.25, -0.2) is 17.2 Å². The molecule has 0 amide bonds. The smallest absolute Gasteiger partial charge is 0.335 e. The maximum absolute atomic E-state index is 12.4. The summed E-state index contributed by atoms with van der Waals surface area (Å²) in [6.45, 7) is 2.88. The largest absolute Gasteiger partial charge is 0.478 e. The van der Waals surface area contributed by atoms with Crippen LogP contribution in [0.4, 0.5) is 0 Å². The minimum Gasteiger partial charge on any atom is -0.478 e. The second-order valence-corrected chi connectivity index (χ2v) is 7.16. The molecule has 2 heterocycles. The summed E-state index contributed by atoms with van der Waals surface area (Å²) >= 11 is 0. The van der Waals surface area contributed by atoms with Crippen molar-refractivity contribution < 1.29 is 18.3 Å². The molecule has 0 fully saturated rings. The fourth-order valence-corrected chi connectivity index (χ4v) is 4.08. The van der Waals surface area contributed by atoms with Gasteiger partial charge in [-0.2, -0.15) is 0 Å². The average Bonchev–Trinajstić information content (AvgIpc) is 2.81. The highest BCUT2D eigenvalue weighted by Crippen LogP contribution is 2.31. The number of aromatic nitrogens is 1. The second-order valence-electron chi connectivity index (χ2n) is 5.05. The number of carboxylic acids is 1. The molecule has 0 aliphatic carbocycles. The summed E-state index contributed by atoms with van der Waals surface area (Å²) in [7, 11) is -3.41. The van der Waals surface area contributed by atoms with Crippen LogP contribution in [0.3, 0.4) is 0 Å².